The molecule has 0 saturated heterocycles. The van der Waals surface area contributed by atoms with Gasteiger partial charge in [0.25, 0.3) is 0 Å². The van der Waals surface area contributed by atoms with Crippen molar-refractivity contribution in [3.63, 3.8) is 0 Å². The molecule has 0 saturated carbocycles. The Balaban J connectivity index is 2.24. The minimum absolute atomic E-state index is 0.384. The van der Waals surface area contributed by atoms with E-state index in [2.05, 4.69) is 22.9 Å². The predicted molar refractivity (Wildman–Crippen MR) is 67.7 cm³/mol. The number of rotatable bonds is 2. The summed E-state index contributed by atoms with van der Waals surface area (Å²) in [6.07, 6.45) is 3.35. The van der Waals surface area contributed by atoms with E-state index >= 15 is 0 Å². The van der Waals surface area contributed by atoms with Crippen molar-refractivity contribution in [1.82, 2.24) is 4.98 Å². The standard InChI is InChI=1S/C12H16ClN3/c1-9-3-2-6-16(8-9)12-5-4-10(13)11(7-14)15-12/h3-5H,2,6-8,14H2,1H3. The number of nitrogens with zero attached hydrogens (tertiary/aromatic N) is 2. The highest BCUT2D eigenvalue weighted by Crippen LogP contribution is 2.21. The largest absolute Gasteiger partial charge is 0.352 e. The zero-order valence-corrected chi connectivity index (χ0v) is 10.2. The van der Waals surface area contributed by atoms with E-state index in [1.807, 2.05) is 12.1 Å². The first-order valence-corrected chi connectivity index (χ1v) is 5.84. The van der Waals surface area contributed by atoms with Crippen molar-refractivity contribution in [3.8, 4) is 0 Å². The number of hydrogen-bond acceptors (Lipinski definition) is 3. The number of nitrogens with two attached hydrogens (primary N) is 1. The summed E-state index contributed by atoms with van der Waals surface area (Å²) in [4.78, 5) is 6.75. The van der Waals surface area contributed by atoms with E-state index in [4.69, 9.17) is 17.3 Å². The average molecular weight is 238 g/mol. The molecule has 0 aliphatic carbocycles. The van der Waals surface area contributed by atoms with Gasteiger partial charge in [-0.2, -0.15) is 0 Å². The third-order valence-corrected chi connectivity index (χ3v) is 3.10. The Bertz CT molecular complexity index is 415. The Labute approximate surface area is 101 Å². The minimum Gasteiger partial charge on any atom is -0.352 e. The molecule has 3 nitrogen and oxygen atoms in total. The van der Waals surface area contributed by atoms with Gasteiger partial charge in [0.15, 0.2) is 0 Å². The molecule has 2 rings (SSSR count). The van der Waals surface area contributed by atoms with Gasteiger partial charge in [0.2, 0.25) is 0 Å². The molecular weight excluding hydrogens is 222 g/mol. The lowest BCUT2D eigenvalue weighted by molar-refractivity contribution is 0.773. The fourth-order valence-electron chi connectivity index (χ4n) is 1.90. The van der Waals surface area contributed by atoms with Crippen molar-refractivity contribution in [2.45, 2.75) is 19.9 Å². The molecule has 1 aliphatic heterocycles. The predicted octanol–water partition coefficient (Wildman–Crippen LogP) is 2.35. The summed E-state index contributed by atoms with van der Waals surface area (Å²) in [6, 6.07) is 3.83. The van der Waals surface area contributed by atoms with Crippen LogP contribution in [0.15, 0.2) is 23.8 Å². The molecule has 2 heterocycles. The van der Waals surface area contributed by atoms with Crippen LogP contribution in [0.5, 0.6) is 0 Å². The highest BCUT2D eigenvalue weighted by molar-refractivity contribution is 6.31. The van der Waals surface area contributed by atoms with Gasteiger partial charge in [-0.1, -0.05) is 23.3 Å². The highest BCUT2D eigenvalue weighted by Gasteiger charge is 2.13. The molecule has 0 aromatic carbocycles. The Morgan fingerprint density at radius 1 is 1.50 bits per heavy atom. The second kappa shape index (κ2) is 4.85. The maximum Gasteiger partial charge on any atom is 0.129 e. The SMILES string of the molecule is CC1=CCCN(c2ccc(Cl)c(CN)n2)C1. The molecule has 0 fully saturated rings. The average Bonchev–Trinajstić information content (AvgIpc) is 2.29. The van der Waals surface area contributed by atoms with Gasteiger partial charge in [-0.05, 0) is 25.5 Å². The molecule has 0 spiro atoms. The molecule has 0 atom stereocenters. The summed E-state index contributed by atoms with van der Waals surface area (Å²) in [5, 5.41) is 0.649. The molecule has 4 heteroatoms. The van der Waals surface area contributed by atoms with Crippen LogP contribution in [0.4, 0.5) is 5.82 Å². The first kappa shape index (κ1) is 11.4. The zero-order chi connectivity index (χ0) is 11.5. The minimum atomic E-state index is 0.384. The molecule has 1 aromatic heterocycles. The van der Waals surface area contributed by atoms with Gasteiger partial charge in [-0.3, -0.25) is 0 Å². The van der Waals surface area contributed by atoms with E-state index in [1.54, 1.807) is 0 Å². The van der Waals surface area contributed by atoms with Crippen LogP contribution in [0.1, 0.15) is 19.0 Å². The molecule has 1 aliphatic rings. The van der Waals surface area contributed by atoms with E-state index in [9.17, 15) is 0 Å². The monoisotopic (exact) mass is 237 g/mol. The smallest absolute Gasteiger partial charge is 0.129 e. The van der Waals surface area contributed by atoms with Crippen molar-refractivity contribution in [1.29, 1.82) is 0 Å². The van der Waals surface area contributed by atoms with Crippen LogP contribution in [0.3, 0.4) is 0 Å². The van der Waals surface area contributed by atoms with Gasteiger partial charge in [0.1, 0.15) is 5.82 Å². The van der Waals surface area contributed by atoms with Crippen LogP contribution in [-0.2, 0) is 6.54 Å². The molecule has 0 unspecified atom stereocenters. The summed E-state index contributed by atoms with van der Waals surface area (Å²) in [5.41, 5.74) is 7.76. The lowest BCUT2D eigenvalue weighted by atomic mass is 10.1. The van der Waals surface area contributed by atoms with Gasteiger partial charge in [-0.25, -0.2) is 4.98 Å². The van der Waals surface area contributed by atoms with E-state index in [0.717, 1.165) is 31.0 Å². The summed E-state index contributed by atoms with van der Waals surface area (Å²) in [5.74, 6) is 0.970. The zero-order valence-electron chi connectivity index (χ0n) is 9.41. The number of aromatic nitrogens is 1. The fourth-order valence-corrected chi connectivity index (χ4v) is 2.08. The summed E-state index contributed by atoms with van der Waals surface area (Å²) < 4.78 is 0. The van der Waals surface area contributed by atoms with Crippen LogP contribution < -0.4 is 10.6 Å². The summed E-state index contributed by atoms with van der Waals surface area (Å²) in [7, 11) is 0. The summed E-state index contributed by atoms with van der Waals surface area (Å²) >= 11 is 5.99. The van der Waals surface area contributed by atoms with E-state index in [0.29, 0.717) is 11.6 Å². The molecule has 16 heavy (non-hydrogen) atoms. The molecule has 2 N–H and O–H groups in total. The molecule has 86 valence electrons. The van der Waals surface area contributed by atoms with Crippen LogP contribution >= 0.6 is 11.6 Å². The third kappa shape index (κ3) is 2.36. The van der Waals surface area contributed by atoms with Crippen LogP contribution in [0.25, 0.3) is 0 Å². The first-order chi connectivity index (χ1) is 7.70. The maximum atomic E-state index is 5.99. The van der Waals surface area contributed by atoms with Crippen LogP contribution in [0, 0.1) is 0 Å². The molecule has 0 bridgehead atoms. The molecular formula is C12H16ClN3. The Morgan fingerprint density at radius 3 is 3.00 bits per heavy atom. The topological polar surface area (TPSA) is 42.1 Å². The van der Waals surface area contributed by atoms with Crippen molar-refractivity contribution < 1.29 is 0 Å². The molecule has 0 amide bonds. The van der Waals surface area contributed by atoms with E-state index in [1.165, 1.54) is 5.57 Å². The fraction of sp³-hybridized carbons (Fsp3) is 0.417. The van der Waals surface area contributed by atoms with Crippen molar-refractivity contribution in [2.24, 2.45) is 5.73 Å². The van der Waals surface area contributed by atoms with Crippen molar-refractivity contribution >= 4 is 17.4 Å². The van der Waals surface area contributed by atoms with Crippen LogP contribution in [-0.4, -0.2) is 18.1 Å². The maximum absolute atomic E-state index is 5.99. The molecule has 0 radical (unpaired) electrons. The quantitative estimate of drug-likeness (QED) is 0.803. The van der Waals surface area contributed by atoms with Gasteiger partial charge >= 0.3 is 0 Å². The normalized spacial score (nSPS) is 16.2. The molecule has 1 aromatic rings. The van der Waals surface area contributed by atoms with E-state index in [-0.39, 0.29) is 0 Å². The Kier molecular flexibility index (Phi) is 3.46. The Morgan fingerprint density at radius 2 is 2.31 bits per heavy atom. The first-order valence-electron chi connectivity index (χ1n) is 5.47. The number of pyridine rings is 1. The van der Waals surface area contributed by atoms with E-state index < -0.39 is 0 Å². The van der Waals surface area contributed by atoms with Gasteiger partial charge in [-0.15, -0.1) is 0 Å². The van der Waals surface area contributed by atoms with Crippen LogP contribution in [0.2, 0.25) is 5.02 Å². The van der Waals surface area contributed by atoms with Gasteiger partial charge < -0.3 is 10.6 Å². The van der Waals surface area contributed by atoms with Crippen molar-refractivity contribution in [2.75, 3.05) is 18.0 Å². The number of hydrogen-bond donors (Lipinski definition) is 1. The lowest BCUT2D eigenvalue weighted by Crippen LogP contribution is -2.30. The Hall–Kier alpha value is -1.06. The third-order valence-electron chi connectivity index (χ3n) is 2.75. The highest BCUT2D eigenvalue weighted by atomic mass is 35.5. The number of anilines is 1. The lowest BCUT2D eigenvalue weighted by Gasteiger charge is -2.27. The van der Waals surface area contributed by atoms with Gasteiger partial charge in [0.05, 0.1) is 10.7 Å². The number of halogens is 1. The second-order valence-electron chi connectivity index (χ2n) is 4.06. The summed E-state index contributed by atoms with van der Waals surface area (Å²) in [6.45, 7) is 4.48. The van der Waals surface area contributed by atoms with Crippen molar-refractivity contribution in [3.05, 3.63) is 34.5 Å². The second-order valence-corrected chi connectivity index (χ2v) is 4.47. The van der Waals surface area contributed by atoms with Gasteiger partial charge in [0, 0.05) is 19.6 Å².